The lowest BCUT2D eigenvalue weighted by Crippen LogP contribution is -2.40. The number of hydrogen-bond acceptors (Lipinski definition) is 5. The number of nitrogens with zero attached hydrogens (tertiary/aromatic N) is 1. The predicted molar refractivity (Wildman–Crippen MR) is 122 cm³/mol. The van der Waals surface area contributed by atoms with Gasteiger partial charge in [-0.3, -0.25) is 4.79 Å². The maximum atomic E-state index is 12.8. The number of rotatable bonds is 7. The van der Waals surface area contributed by atoms with E-state index in [1.165, 1.54) is 40.4 Å². The summed E-state index contributed by atoms with van der Waals surface area (Å²) in [6, 6.07) is 12.3. The molecule has 1 atom stereocenters. The topological polar surface area (TPSA) is 84.9 Å². The first-order valence-corrected chi connectivity index (χ1v) is 12.7. The fraction of sp³-hybridized carbons (Fsp3) is 0.458. The minimum atomic E-state index is -3.56. The van der Waals surface area contributed by atoms with Gasteiger partial charge in [0.1, 0.15) is 5.75 Å². The molecule has 7 nitrogen and oxygen atoms in total. The van der Waals surface area contributed by atoms with E-state index in [4.69, 9.17) is 9.47 Å². The number of carbonyl (C=O) groups is 1. The van der Waals surface area contributed by atoms with E-state index in [0.717, 1.165) is 12.8 Å². The van der Waals surface area contributed by atoms with Gasteiger partial charge in [-0.25, -0.2) is 8.42 Å². The Morgan fingerprint density at radius 1 is 1.06 bits per heavy atom. The molecule has 1 amide bonds. The van der Waals surface area contributed by atoms with Gasteiger partial charge < -0.3 is 14.8 Å². The van der Waals surface area contributed by atoms with Crippen LogP contribution in [0.2, 0.25) is 0 Å². The van der Waals surface area contributed by atoms with Crippen molar-refractivity contribution in [1.29, 1.82) is 0 Å². The van der Waals surface area contributed by atoms with Crippen molar-refractivity contribution in [3.63, 3.8) is 0 Å². The molecule has 0 spiro atoms. The van der Waals surface area contributed by atoms with Crippen LogP contribution in [0.1, 0.15) is 37.3 Å². The summed E-state index contributed by atoms with van der Waals surface area (Å²) in [5, 5.41) is 2.84. The van der Waals surface area contributed by atoms with Crippen molar-refractivity contribution in [2.24, 2.45) is 0 Å². The average Bonchev–Trinajstić information content (AvgIpc) is 2.83. The summed E-state index contributed by atoms with van der Waals surface area (Å²) in [5.74, 6) is 0.452. The number of hydrogen-bond donors (Lipinski definition) is 1. The Morgan fingerprint density at radius 2 is 1.75 bits per heavy atom. The lowest BCUT2D eigenvalue weighted by Gasteiger charge is -2.26. The van der Waals surface area contributed by atoms with Crippen LogP contribution in [-0.2, 0) is 32.4 Å². The number of ether oxygens (including phenoxy) is 2. The molecule has 1 heterocycles. The van der Waals surface area contributed by atoms with Gasteiger partial charge in [-0.1, -0.05) is 13.0 Å². The summed E-state index contributed by atoms with van der Waals surface area (Å²) in [7, 11) is -3.56. The lowest BCUT2D eigenvalue weighted by atomic mass is 9.92. The second-order valence-corrected chi connectivity index (χ2v) is 10.1. The van der Waals surface area contributed by atoms with Crippen molar-refractivity contribution in [2.75, 3.05) is 31.6 Å². The summed E-state index contributed by atoms with van der Waals surface area (Å²) in [4.78, 5) is 13.0. The Bertz CT molecular complexity index is 1050. The lowest BCUT2D eigenvalue weighted by molar-refractivity contribution is -0.122. The highest BCUT2D eigenvalue weighted by molar-refractivity contribution is 7.89. The van der Waals surface area contributed by atoms with Gasteiger partial charge in [0.05, 0.1) is 18.1 Å². The third-order valence-electron chi connectivity index (χ3n) is 5.99. The highest BCUT2D eigenvalue weighted by Crippen LogP contribution is 2.26. The third kappa shape index (κ3) is 5.14. The van der Waals surface area contributed by atoms with Gasteiger partial charge in [0.2, 0.25) is 10.0 Å². The number of benzene rings is 2. The molecule has 2 aliphatic rings. The number of fused-ring (bicyclic) bond motifs is 1. The van der Waals surface area contributed by atoms with E-state index in [1.54, 1.807) is 12.1 Å². The van der Waals surface area contributed by atoms with Crippen LogP contribution in [-0.4, -0.2) is 51.0 Å². The van der Waals surface area contributed by atoms with E-state index < -0.39 is 16.1 Å². The first-order chi connectivity index (χ1) is 15.5. The number of nitrogens with one attached hydrogen (secondary N) is 1. The molecular weight excluding hydrogens is 428 g/mol. The van der Waals surface area contributed by atoms with E-state index in [0.29, 0.717) is 44.2 Å². The number of carbonyl (C=O) groups excluding carboxylic acids is 1. The van der Waals surface area contributed by atoms with Gasteiger partial charge in [-0.15, -0.1) is 0 Å². The van der Waals surface area contributed by atoms with Crippen LogP contribution in [0, 0.1) is 0 Å². The molecule has 1 aliphatic carbocycles. The zero-order chi connectivity index (χ0) is 22.6. The molecular formula is C24H30N2O5S. The molecule has 2 aromatic carbocycles. The second-order valence-electron chi connectivity index (χ2n) is 8.18. The van der Waals surface area contributed by atoms with Crippen LogP contribution in [0.4, 0.5) is 5.69 Å². The second kappa shape index (κ2) is 10.0. The molecule has 172 valence electrons. The fourth-order valence-electron chi connectivity index (χ4n) is 4.14. The van der Waals surface area contributed by atoms with Crippen LogP contribution < -0.4 is 10.1 Å². The molecule has 4 rings (SSSR count). The number of sulfonamides is 1. The van der Waals surface area contributed by atoms with E-state index in [2.05, 4.69) is 17.4 Å². The molecule has 0 unspecified atom stereocenters. The smallest absolute Gasteiger partial charge is 0.265 e. The Hall–Kier alpha value is -2.42. The van der Waals surface area contributed by atoms with E-state index in [1.807, 2.05) is 13.0 Å². The summed E-state index contributed by atoms with van der Waals surface area (Å²) >= 11 is 0. The maximum Gasteiger partial charge on any atom is 0.265 e. The summed E-state index contributed by atoms with van der Waals surface area (Å²) in [6.07, 6.45) is 4.45. The first-order valence-electron chi connectivity index (χ1n) is 11.2. The summed E-state index contributed by atoms with van der Waals surface area (Å²) in [5.41, 5.74) is 3.21. The fourth-order valence-corrected chi connectivity index (χ4v) is 5.55. The highest BCUT2D eigenvalue weighted by atomic mass is 32.2. The van der Waals surface area contributed by atoms with Crippen LogP contribution >= 0.6 is 0 Å². The van der Waals surface area contributed by atoms with Crippen LogP contribution in [0.25, 0.3) is 0 Å². The van der Waals surface area contributed by atoms with Crippen LogP contribution in [0.15, 0.2) is 47.4 Å². The van der Waals surface area contributed by atoms with E-state index >= 15 is 0 Å². The zero-order valence-electron chi connectivity index (χ0n) is 18.4. The quantitative estimate of drug-likeness (QED) is 0.688. The first kappa shape index (κ1) is 22.8. The van der Waals surface area contributed by atoms with Crippen LogP contribution in [0.3, 0.4) is 0 Å². The highest BCUT2D eigenvalue weighted by Gasteiger charge is 2.26. The number of amides is 1. The van der Waals surface area contributed by atoms with Gasteiger partial charge in [0.15, 0.2) is 6.10 Å². The molecule has 0 saturated carbocycles. The van der Waals surface area contributed by atoms with Gasteiger partial charge in [0.25, 0.3) is 5.91 Å². The Morgan fingerprint density at radius 3 is 2.44 bits per heavy atom. The molecule has 0 aromatic heterocycles. The minimum absolute atomic E-state index is 0.203. The molecule has 1 saturated heterocycles. The van der Waals surface area contributed by atoms with Crippen molar-refractivity contribution >= 4 is 21.6 Å². The molecule has 0 bridgehead atoms. The molecule has 0 radical (unpaired) electrons. The largest absolute Gasteiger partial charge is 0.481 e. The maximum absolute atomic E-state index is 12.8. The van der Waals surface area contributed by atoms with E-state index in [-0.39, 0.29) is 10.8 Å². The summed E-state index contributed by atoms with van der Waals surface area (Å²) < 4.78 is 38.1. The van der Waals surface area contributed by atoms with Gasteiger partial charge >= 0.3 is 0 Å². The van der Waals surface area contributed by atoms with Crippen molar-refractivity contribution in [3.05, 3.63) is 53.6 Å². The van der Waals surface area contributed by atoms with Crippen molar-refractivity contribution in [2.45, 2.75) is 50.0 Å². The average molecular weight is 459 g/mol. The predicted octanol–water partition coefficient (Wildman–Crippen LogP) is 3.38. The molecule has 8 heteroatoms. The van der Waals surface area contributed by atoms with Gasteiger partial charge in [-0.2, -0.15) is 4.31 Å². The van der Waals surface area contributed by atoms with Crippen molar-refractivity contribution in [1.82, 2.24) is 4.31 Å². The third-order valence-corrected chi connectivity index (χ3v) is 7.90. The number of morpholine rings is 1. The Balaban J connectivity index is 1.40. The molecule has 1 aliphatic heterocycles. The van der Waals surface area contributed by atoms with Gasteiger partial charge in [0, 0.05) is 18.8 Å². The summed E-state index contributed by atoms with van der Waals surface area (Å²) in [6.45, 7) is 3.39. The van der Waals surface area contributed by atoms with Crippen molar-refractivity contribution in [3.8, 4) is 5.75 Å². The number of aryl methyl sites for hydroxylation is 2. The SMILES string of the molecule is CC[C@@H](Oc1ccc2c(c1)CCCC2)C(=O)Nc1ccc(S(=O)(=O)N2CCOCC2)cc1. The molecule has 1 N–H and O–H groups in total. The normalized spacial score (nSPS) is 17.9. The van der Waals surface area contributed by atoms with E-state index in [9.17, 15) is 13.2 Å². The van der Waals surface area contributed by atoms with Gasteiger partial charge in [-0.05, 0) is 79.6 Å². The zero-order valence-corrected chi connectivity index (χ0v) is 19.2. The molecule has 32 heavy (non-hydrogen) atoms. The Labute approximate surface area is 189 Å². The molecule has 2 aromatic rings. The van der Waals surface area contributed by atoms with Crippen LogP contribution in [0.5, 0.6) is 5.75 Å². The van der Waals surface area contributed by atoms with Crippen molar-refractivity contribution < 1.29 is 22.7 Å². The Kier molecular flexibility index (Phi) is 7.13. The minimum Gasteiger partial charge on any atom is -0.481 e. The number of anilines is 1. The standard InChI is InChI=1S/C24H30N2O5S/c1-2-23(31-21-10-7-18-5-3-4-6-19(18)17-21)24(27)25-20-8-11-22(12-9-20)32(28,29)26-13-15-30-16-14-26/h7-12,17,23H,2-6,13-16H2,1H3,(H,25,27)/t23-/m1/s1. The molecule has 1 fully saturated rings. The monoisotopic (exact) mass is 458 g/mol.